The van der Waals surface area contributed by atoms with Crippen molar-refractivity contribution in [2.24, 2.45) is 5.92 Å². The maximum Gasteiger partial charge on any atom is 0.223 e. The van der Waals surface area contributed by atoms with Crippen molar-refractivity contribution in [2.75, 3.05) is 13.1 Å². The second kappa shape index (κ2) is 9.23. The average Bonchev–Trinajstić information content (AvgIpc) is 3.05. The molecule has 1 aliphatic rings. The number of nitrogens with zero attached hydrogens (tertiary/aromatic N) is 2. The Hall–Kier alpha value is -2.30. The van der Waals surface area contributed by atoms with Crippen LogP contribution >= 0.6 is 11.6 Å². The van der Waals surface area contributed by atoms with Crippen LogP contribution in [-0.2, 0) is 17.9 Å². The maximum absolute atomic E-state index is 12.3. The van der Waals surface area contributed by atoms with Crippen LogP contribution < -0.4 is 5.32 Å². The van der Waals surface area contributed by atoms with Crippen molar-refractivity contribution < 1.29 is 4.79 Å². The largest absolute Gasteiger partial charge is 0.354 e. The van der Waals surface area contributed by atoms with Crippen molar-refractivity contribution in [1.82, 2.24) is 14.8 Å². The predicted molar refractivity (Wildman–Crippen MR) is 124 cm³/mol. The molecule has 0 aliphatic carbocycles. The molecule has 4 rings (SSSR count). The van der Waals surface area contributed by atoms with Gasteiger partial charge < -0.3 is 9.88 Å². The quantitative estimate of drug-likeness (QED) is 0.600. The summed E-state index contributed by atoms with van der Waals surface area (Å²) in [7, 11) is 0. The first-order valence-corrected chi connectivity index (χ1v) is 11.2. The highest BCUT2D eigenvalue weighted by atomic mass is 35.5. The monoisotopic (exact) mass is 423 g/mol. The van der Waals surface area contributed by atoms with E-state index >= 15 is 0 Å². The summed E-state index contributed by atoms with van der Waals surface area (Å²) >= 11 is 6.22. The minimum atomic E-state index is 0.140. The lowest BCUT2D eigenvalue weighted by atomic mass is 9.95. The highest BCUT2D eigenvalue weighted by Gasteiger charge is 2.26. The van der Waals surface area contributed by atoms with Crippen molar-refractivity contribution in [2.45, 2.75) is 45.8 Å². The topological polar surface area (TPSA) is 37.3 Å². The van der Waals surface area contributed by atoms with E-state index in [1.807, 2.05) is 32.0 Å². The molecule has 0 unspecified atom stereocenters. The van der Waals surface area contributed by atoms with Gasteiger partial charge in [-0.05, 0) is 75.0 Å². The zero-order chi connectivity index (χ0) is 21.1. The summed E-state index contributed by atoms with van der Waals surface area (Å²) < 4.78 is 2.40. The minimum absolute atomic E-state index is 0.140. The SMILES string of the molecule is CC(C)NC(=O)C1CCN(Cc2cc3ccccc3n2Cc2cccc(Cl)c2)CC1. The molecule has 1 amide bonds. The summed E-state index contributed by atoms with van der Waals surface area (Å²) in [6, 6.07) is 19.2. The van der Waals surface area contributed by atoms with Crippen molar-refractivity contribution in [3.63, 3.8) is 0 Å². The molecule has 3 aromatic rings. The molecule has 1 fully saturated rings. The number of halogens is 1. The number of hydrogen-bond acceptors (Lipinski definition) is 2. The van der Waals surface area contributed by atoms with E-state index in [2.05, 4.69) is 51.2 Å². The summed E-state index contributed by atoms with van der Waals surface area (Å²) in [5.74, 6) is 0.348. The third kappa shape index (κ3) is 4.88. The zero-order valence-corrected chi connectivity index (χ0v) is 18.5. The van der Waals surface area contributed by atoms with Crippen molar-refractivity contribution in [3.05, 3.63) is 70.9 Å². The summed E-state index contributed by atoms with van der Waals surface area (Å²) in [6.07, 6.45) is 1.85. The van der Waals surface area contributed by atoms with E-state index in [1.165, 1.54) is 22.2 Å². The number of benzene rings is 2. The van der Waals surface area contributed by atoms with E-state index < -0.39 is 0 Å². The molecule has 0 saturated carbocycles. The lowest BCUT2D eigenvalue weighted by Crippen LogP contribution is -2.42. The van der Waals surface area contributed by atoms with Crippen molar-refractivity contribution in [3.8, 4) is 0 Å². The van der Waals surface area contributed by atoms with E-state index in [9.17, 15) is 4.79 Å². The second-order valence-corrected chi connectivity index (χ2v) is 9.06. The fraction of sp³-hybridized carbons (Fsp3) is 0.400. The molecule has 1 aromatic heterocycles. The number of rotatable bonds is 6. The number of carbonyl (C=O) groups excluding carboxylic acids is 1. The number of piperidine rings is 1. The molecular weight excluding hydrogens is 394 g/mol. The van der Waals surface area contributed by atoms with E-state index in [1.54, 1.807) is 0 Å². The Labute approximate surface area is 183 Å². The van der Waals surface area contributed by atoms with Gasteiger partial charge in [0.15, 0.2) is 0 Å². The van der Waals surface area contributed by atoms with E-state index in [4.69, 9.17) is 11.6 Å². The zero-order valence-electron chi connectivity index (χ0n) is 17.8. The number of amides is 1. The highest BCUT2D eigenvalue weighted by Crippen LogP contribution is 2.25. The van der Waals surface area contributed by atoms with Crippen LogP contribution in [0.1, 0.15) is 37.9 Å². The summed E-state index contributed by atoms with van der Waals surface area (Å²) in [5.41, 5.74) is 3.76. The molecule has 1 aliphatic heterocycles. The van der Waals surface area contributed by atoms with Gasteiger partial charge in [-0.15, -0.1) is 0 Å². The van der Waals surface area contributed by atoms with E-state index in [-0.39, 0.29) is 17.9 Å². The van der Waals surface area contributed by atoms with Gasteiger partial charge in [0, 0.05) is 41.3 Å². The Morgan fingerprint density at radius 1 is 1.07 bits per heavy atom. The van der Waals surface area contributed by atoms with Gasteiger partial charge in [-0.1, -0.05) is 41.9 Å². The highest BCUT2D eigenvalue weighted by molar-refractivity contribution is 6.30. The Kier molecular flexibility index (Phi) is 6.45. The molecule has 0 radical (unpaired) electrons. The molecule has 1 N–H and O–H groups in total. The Bertz CT molecular complexity index is 1020. The Morgan fingerprint density at radius 3 is 2.57 bits per heavy atom. The van der Waals surface area contributed by atoms with Gasteiger partial charge in [-0.25, -0.2) is 0 Å². The van der Waals surface area contributed by atoms with Gasteiger partial charge in [-0.3, -0.25) is 9.69 Å². The molecule has 2 aromatic carbocycles. The van der Waals surface area contributed by atoms with Crippen LogP contribution in [0.15, 0.2) is 54.6 Å². The molecule has 0 bridgehead atoms. The third-order valence-electron chi connectivity index (χ3n) is 5.90. The van der Waals surface area contributed by atoms with Crippen molar-refractivity contribution in [1.29, 1.82) is 0 Å². The van der Waals surface area contributed by atoms with Gasteiger partial charge in [0.25, 0.3) is 0 Å². The smallest absolute Gasteiger partial charge is 0.223 e. The van der Waals surface area contributed by atoms with Gasteiger partial charge in [0.1, 0.15) is 0 Å². The molecule has 1 saturated heterocycles. The number of fused-ring (bicyclic) bond motifs is 1. The number of likely N-dealkylation sites (tertiary alicyclic amines) is 1. The first kappa shape index (κ1) is 21.0. The van der Waals surface area contributed by atoms with Gasteiger partial charge in [0.05, 0.1) is 0 Å². The average molecular weight is 424 g/mol. The molecule has 158 valence electrons. The van der Waals surface area contributed by atoms with Crippen LogP contribution in [0.5, 0.6) is 0 Å². The second-order valence-electron chi connectivity index (χ2n) is 8.62. The molecule has 5 heteroatoms. The van der Waals surface area contributed by atoms with Crippen LogP contribution in [0.2, 0.25) is 5.02 Å². The van der Waals surface area contributed by atoms with Crippen molar-refractivity contribution >= 4 is 28.4 Å². The molecular formula is C25H30ClN3O. The number of hydrogen-bond donors (Lipinski definition) is 1. The van der Waals surface area contributed by atoms with Crippen LogP contribution in [0, 0.1) is 5.92 Å². The Morgan fingerprint density at radius 2 is 1.83 bits per heavy atom. The fourth-order valence-corrected chi connectivity index (χ4v) is 4.60. The van der Waals surface area contributed by atoms with Gasteiger partial charge in [-0.2, -0.15) is 0 Å². The van der Waals surface area contributed by atoms with Crippen LogP contribution in [0.4, 0.5) is 0 Å². The summed E-state index contributed by atoms with van der Waals surface area (Å²) in [4.78, 5) is 14.8. The number of aromatic nitrogens is 1. The normalized spacial score (nSPS) is 15.7. The fourth-order valence-electron chi connectivity index (χ4n) is 4.39. The summed E-state index contributed by atoms with van der Waals surface area (Å²) in [5, 5.41) is 5.10. The molecule has 0 atom stereocenters. The number of carbonyl (C=O) groups is 1. The van der Waals surface area contributed by atoms with E-state index in [0.717, 1.165) is 44.0 Å². The Balaban J connectivity index is 1.50. The molecule has 4 nitrogen and oxygen atoms in total. The number of nitrogens with one attached hydrogen (secondary N) is 1. The molecule has 30 heavy (non-hydrogen) atoms. The lowest BCUT2D eigenvalue weighted by Gasteiger charge is -2.32. The van der Waals surface area contributed by atoms with E-state index in [0.29, 0.717) is 0 Å². The summed E-state index contributed by atoms with van der Waals surface area (Å²) in [6.45, 7) is 7.64. The first-order chi connectivity index (χ1) is 14.5. The van der Waals surface area contributed by atoms with Crippen LogP contribution in [-0.4, -0.2) is 34.5 Å². The van der Waals surface area contributed by atoms with Crippen LogP contribution in [0.25, 0.3) is 10.9 Å². The first-order valence-electron chi connectivity index (χ1n) is 10.8. The van der Waals surface area contributed by atoms with Crippen LogP contribution in [0.3, 0.4) is 0 Å². The van der Waals surface area contributed by atoms with Gasteiger partial charge >= 0.3 is 0 Å². The predicted octanol–water partition coefficient (Wildman–Crippen LogP) is 5.08. The minimum Gasteiger partial charge on any atom is -0.354 e. The van der Waals surface area contributed by atoms with Gasteiger partial charge in [0.2, 0.25) is 5.91 Å². The molecule has 2 heterocycles. The maximum atomic E-state index is 12.3. The third-order valence-corrected chi connectivity index (χ3v) is 6.14. The molecule has 0 spiro atoms. The lowest BCUT2D eigenvalue weighted by molar-refractivity contribution is -0.127. The number of para-hydroxylation sites is 1. The standard InChI is InChI=1S/C25H30ClN3O/c1-18(2)27-25(30)20-10-12-28(13-11-20)17-23-15-21-7-3-4-9-24(21)29(23)16-19-6-5-8-22(26)14-19/h3-9,14-15,18,20H,10-13,16-17H2,1-2H3,(H,27,30).